The number of aliphatic hydroxyl groups is 1. The van der Waals surface area contributed by atoms with Gasteiger partial charge in [0.25, 0.3) is 10.0 Å². The van der Waals surface area contributed by atoms with E-state index in [2.05, 4.69) is 20.7 Å². The molecule has 0 unspecified atom stereocenters. The van der Waals surface area contributed by atoms with E-state index in [0.717, 1.165) is 6.07 Å². The van der Waals surface area contributed by atoms with Crippen molar-refractivity contribution in [2.45, 2.75) is 18.4 Å². The van der Waals surface area contributed by atoms with Gasteiger partial charge in [0.05, 0.1) is 21.7 Å². The Balaban J connectivity index is 2.41. The van der Waals surface area contributed by atoms with Crippen molar-refractivity contribution in [3.8, 4) is 0 Å². The molecule has 0 aliphatic heterocycles. The van der Waals surface area contributed by atoms with E-state index < -0.39 is 15.8 Å². The van der Waals surface area contributed by atoms with E-state index in [1.165, 1.54) is 18.2 Å². The van der Waals surface area contributed by atoms with Gasteiger partial charge in [-0.25, -0.2) is 12.8 Å². The smallest absolute Gasteiger partial charge is 0.262 e. The Morgan fingerprint density at radius 3 is 2.62 bits per heavy atom. The third-order valence-corrected chi connectivity index (χ3v) is 5.20. The highest BCUT2D eigenvalue weighted by molar-refractivity contribution is 9.10. The summed E-state index contributed by atoms with van der Waals surface area (Å²) in [5.41, 5.74) is 1.12. The first-order valence-corrected chi connectivity index (χ1v) is 8.30. The fraction of sp³-hybridized carbons (Fsp3) is 0.143. The van der Waals surface area contributed by atoms with Crippen molar-refractivity contribution >= 4 is 31.6 Å². The minimum Gasteiger partial charge on any atom is -0.392 e. The summed E-state index contributed by atoms with van der Waals surface area (Å²) < 4.78 is 40.7. The van der Waals surface area contributed by atoms with E-state index in [0.29, 0.717) is 11.1 Å². The van der Waals surface area contributed by atoms with Crippen molar-refractivity contribution in [3.63, 3.8) is 0 Å². The maximum Gasteiger partial charge on any atom is 0.262 e. The van der Waals surface area contributed by atoms with Crippen LogP contribution in [0.4, 0.5) is 10.1 Å². The van der Waals surface area contributed by atoms with Gasteiger partial charge in [0, 0.05) is 0 Å². The lowest BCUT2D eigenvalue weighted by atomic mass is 10.1. The number of rotatable bonds is 4. The molecule has 0 aliphatic carbocycles. The first-order valence-electron chi connectivity index (χ1n) is 6.02. The normalized spacial score (nSPS) is 11.4. The number of halogens is 2. The molecule has 0 amide bonds. The lowest BCUT2D eigenvalue weighted by Crippen LogP contribution is -2.15. The van der Waals surface area contributed by atoms with Crippen LogP contribution in [0.1, 0.15) is 11.1 Å². The summed E-state index contributed by atoms with van der Waals surface area (Å²) in [6.45, 7) is 1.37. The molecule has 112 valence electrons. The zero-order valence-corrected chi connectivity index (χ0v) is 13.5. The van der Waals surface area contributed by atoms with Crippen LogP contribution in [0, 0.1) is 12.7 Å². The Morgan fingerprint density at radius 2 is 2.00 bits per heavy atom. The van der Waals surface area contributed by atoms with Gasteiger partial charge in [-0.2, -0.15) is 0 Å². The second kappa shape index (κ2) is 6.13. The summed E-state index contributed by atoms with van der Waals surface area (Å²) >= 11 is 3.00. The summed E-state index contributed by atoms with van der Waals surface area (Å²) in [6, 6.07) is 8.60. The Bertz CT molecular complexity index is 778. The van der Waals surface area contributed by atoms with Crippen LogP contribution in [0.2, 0.25) is 0 Å². The molecule has 0 spiro atoms. The highest BCUT2D eigenvalue weighted by Crippen LogP contribution is 2.24. The number of aliphatic hydroxyl groups excluding tert-OH is 1. The predicted molar refractivity (Wildman–Crippen MR) is 82.0 cm³/mol. The molecule has 2 aromatic rings. The van der Waals surface area contributed by atoms with Gasteiger partial charge in [-0.1, -0.05) is 12.1 Å². The molecule has 0 saturated heterocycles. The van der Waals surface area contributed by atoms with Crippen molar-refractivity contribution in [2.24, 2.45) is 0 Å². The molecule has 2 N–H and O–H groups in total. The largest absolute Gasteiger partial charge is 0.392 e. The van der Waals surface area contributed by atoms with Gasteiger partial charge in [0.15, 0.2) is 0 Å². The van der Waals surface area contributed by atoms with Crippen LogP contribution in [0.25, 0.3) is 0 Å². The Kier molecular flexibility index (Phi) is 4.65. The molecule has 0 bridgehead atoms. The average molecular weight is 374 g/mol. The van der Waals surface area contributed by atoms with Crippen molar-refractivity contribution in [1.82, 2.24) is 0 Å². The second-order valence-corrected chi connectivity index (χ2v) is 6.94. The van der Waals surface area contributed by atoms with Gasteiger partial charge in [-0.3, -0.25) is 4.72 Å². The van der Waals surface area contributed by atoms with Crippen LogP contribution >= 0.6 is 15.9 Å². The monoisotopic (exact) mass is 373 g/mol. The van der Waals surface area contributed by atoms with E-state index in [1.807, 2.05) is 0 Å². The lowest BCUT2D eigenvalue weighted by molar-refractivity contribution is 0.280. The molecule has 0 heterocycles. The molecule has 2 aromatic carbocycles. The van der Waals surface area contributed by atoms with Crippen LogP contribution in [0.3, 0.4) is 0 Å². The molecular weight excluding hydrogens is 361 g/mol. The lowest BCUT2D eigenvalue weighted by Gasteiger charge is -2.12. The van der Waals surface area contributed by atoms with Crippen LogP contribution in [-0.4, -0.2) is 13.5 Å². The maximum absolute atomic E-state index is 13.4. The van der Waals surface area contributed by atoms with Crippen molar-refractivity contribution < 1.29 is 17.9 Å². The predicted octanol–water partition coefficient (Wildman–Crippen LogP) is 3.19. The van der Waals surface area contributed by atoms with Gasteiger partial charge in [0.1, 0.15) is 5.82 Å². The Morgan fingerprint density at radius 1 is 1.29 bits per heavy atom. The van der Waals surface area contributed by atoms with Crippen molar-refractivity contribution in [3.05, 3.63) is 57.8 Å². The van der Waals surface area contributed by atoms with E-state index in [1.54, 1.807) is 19.1 Å². The van der Waals surface area contributed by atoms with Gasteiger partial charge in [-0.15, -0.1) is 0 Å². The summed E-state index contributed by atoms with van der Waals surface area (Å²) in [6.07, 6.45) is 0. The van der Waals surface area contributed by atoms with Gasteiger partial charge in [0.2, 0.25) is 0 Å². The molecule has 21 heavy (non-hydrogen) atoms. The van der Waals surface area contributed by atoms with Crippen LogP contribution in [0.5, 0.6) is 0 Å². The highest BCUT2D eigenvalue weighted by atomic mass is 79.9. The minimum absolute atomic E-state index is 0.0531. The Labute approximate surface area is 130 Å². The average Bonchev–Trinajstić information content (AvgIpc) is 2.42. The van der Waals surface area contributed by atoms with Crippen LogP contribution < -0.4 is 4.72 Å². The summed E-state index contributed by atoms with van der Waals surface area (Å²) in [7, 11) is -3.85. The third kappa shape index (κ3) is 3.42. The molecule has 0 atom stereocenters. The maximum atomic E-state index is 13.4. The quantitative estimate of drug-likeness (QED) is 0.864. The van der Waals surface area contributed by atoms with Gasteiger partial charge < -0.3 is 5.11 Å². The molecule has 0 saturated carbocycles. The third-order valence-electron chi connectivity index (χ3n) is 3.03. The molecular formula is C14H13BrFNO3S. The number of nitrogens with one attached hydrogen (secondary N) is 1. The molecule has 0 fully saturated rings. The van der Waals surface area contributed by atoms with Crippen LogP contribution in [0.15, 0.2) is 45.8 Å². The molecule has 0 radical (unpaired) electrons. The number of hydrogen-bond acceptors (Lipinski definition) is 3. The standard InChI is InChI=1S/C14H13BrFNO3S/c1-9-10(8-18)3-2-4-14(9)21(19,20)17-11-5-6-12(15)13(16)7-11/h2-7,17-18H,8H2,1H3. The molecule has 0 aliphatic rings. The summed E-state index contributed by atoms with van der Waals surface area (Å²) in [5.74, 6) is -0.559. The van der Waals surface area contributed by atoms with E-state index >= 15 is 0 Å². The number of anilines is 1. The number of hydrogen-bond donors (Lipinski definition) is 2. The van der Waals surface area contributed by atoms with E-state index in [4.69, 9.17) is 0 Å². The number of benzene rings is 2. The zero-order valence-electron chi connectivity index (χ0n) is 11.1. The van der Waals surface area contributed by atoms with Gasteiger partial charge >= 0.3 is 0 Å². The first kappa shape index (κ1) is 15.9. The molecule has 0 aromatic heterocycles. The van der Waals surface area contributed by atoms with E-state index in [9.17, 15) is 17.9 Å². The number of sulfonamides is 1. The first-order chi connectivity index (χ1) is 9.85. The molecule has 7 heteroatoms. The highest BCUT2D eigenvalue weighted by Gasteiger charge is 2.18. The zero-order chi connectivity index (χ0) is 15.6. The summed E-state index contributed by atoms with van der Waals surface area (Å²) in [4.78, 5) is 0.0531. The second-order valence-electron chi connectivity index (χ2n) is 4.43. The SMILES string of the molecule is Cc1c(CO)cccc1S(=O)(=O)Nc1ccc(Br)c(F)c1. The topological polar surface area (TPSA) is 66.4 Å². The minimum atomic E-state index is -3.85. The fourth-order valence-corrected chi connectivity index (χ4v) is 3.48. The van der Waals surface area contributed by atoms with Gasteiger partial charge in [-0.05, 0) is 58.2 Å². The van der Waals surface area contributed by atoms with E-state index in [-0.39, 0.29) is 21.7 Å². The fourth-order valence-electron chi connectivity index (χ4n) is 1.89. The van der Waals surface area contributed by atoms with Crippen LogP contribution in [-0.2, 0) is 16.6 Å². The van der Waals surface area contributed by atoms with Crippen molar-refractivity contribution in [1.29, 1.82) is 0 Å². The molecule has 4 nitrogen and oxygen atoms in total. The summed E-state index contributed by atoms with van der Waals surface area (Å²) in [5, 5.41) is 9.20. The Hall–Kier alpha value is -1.44. The van der Waals surface area contributed by atoms with Crippen molar-refractivity contribution in [2.75, 3.05) is 4.72 Å². The molecule has 2 rings (SSSR count).